The third kappa shape index (κ3) is 3.95. The van der Waals surface area contributed by atoms with Crippen LogP contribution in [0.1, 0.15) is 5.56 Å². The molecule has 2 heterocycles. The molecule has 0 N–H and O–H groups in total. The zero-order chi connectivity index (χ0) is 23.7. The van der Waals surface area contributed by atoms with Gasteiger partial charge in [-0.15, -0.1) is 11.3 Å². The molecule has 0 saturated heterocycles. The zero-order valence-corrected chi connectivity index (χ0v) is 19.6. The largest absolute Gasteiger partial charge is 0.497 e. The molecule has 0 aliphatic heterocycles. The Morgan fingerprint density at radius 3 is 2.18 bits per heavy atom. The van der Waals surface area contributed by atoms with Gasteiger partial charge in [-0.25, -0.2) is 4.98 Å². The van der Waals surface area contributed by atoms with Gasteiger partial charge >= 0.3 is 0 Å². The van der Waals surface area contributed by atoms with Gasteiger partial charge in [0, 0.05) is 22.2 Å². The number of benzene rings is 3. The minimum atomic E-state index is -0.323. The first-order valence-corrected chi connectivity index (χ1v) is 11.6. The van der Waals surface area contributed by atoms with Gasteiger partial charge in [-0.1, -0.05) is 24.3 Å². The Morgan fingerprint density at radius 2 is 1.50 bits per heavy atom. The molecule has 2 aromatic heterocycles. The van der Waals surface area contributed by atoms with Crippen molar-refractivity contribution in [3.05, 3.63) is 98.9 Å². The predicted octanol–water partition coefficient (Wildman–Crippen LogP) is 4.90. The average molecular weight is 471 g/mol. The van der Waals surface area contributed by atoms with Gasteiger partial charge in [-0.2, -0.15) is 0 Å². The summed E-state index contributed by atoms with van der Waals surface area (Å²) in [4.78, 5) is 32.3. The maximum atomic E-state index is 13.7. The van der Waals surface area contributed by atoms with Gasteiger partial charge in [0.15, 0.2) is 0 Å². The lowest BCUT2D eigenvalue weighted by molar-refractivity contribution is 0.414. The van der Waals surface area contributed by atoms with E-state index in [0.29, 0.717) is 34.8 Å². The van der Waals surface area contributed by atoms with Gasteiger partial charge in [0.25, 0.3) is 5.56 Å². The third-order valence-corrected chi connectivity index (χ3v) is 6.90. The molecular formula is C27H22N2O4S. The van der Waals surface area contributed by atoms with E-state index in [2.05, 4.69) is 0 Å². The van der Waals surface area contributed by atoms with Crippen molar-refractivity contribution in [3.63, 3.8) is 0 Å². The van der Waals surface area contributed by atoms with Crippen LogP contribution in [0, 0.1) is 0 Å². The van der Waals surface area contributed by atoms with Gasteiger partial charge in [-0.3, -0.25) is 14.2 Å². The molecule has 5 aromatic rings. The maximum absolute atomic E-state index is 13.7. The molecule has 6 nitrogen and oxygen atoms in total. The molecule has 0 amide bonds. The normalized spacial score (nSPS) is 11.1. The number of hydrogen-bond acceptors (Lipinski definition) is 6. The quantitative estimate of drug-likeness (QED) is 0.330. The summed E-state index contributed by atoms with van der Waals surface area (Å²) < 4.78 is 12.9. The van der Waals surface area contributed by atoms with Crippen LogP contribution in [0.4, 0.5) is 0 Å². The van der Waals surface area contributed by atoms with E-state index in [-0.39, 0.29) is 16.4 Å². The summed E-state index contributed by atoms with van der Waals surface area (Å²) in [6.45, 7) is 0.381. The van der Waals surface area contributed by atoms with Gasteiger partial charge in [-0.05, 0) is 60.5 Å². The summed E-state index contributed by atoms with van der Waals surface area (Å²) in [6.07, 6.45) is 0.603. The molecule has 0 aliphatic rings. The fourth-order valence-electron chi connectivity index (χ4n) is 3.99. The molecule has 170 valence electrons. The van der Waals surface area contributed by atoms with Crippen molar-refractivity contribution in [2.45, 2.75) is 13.0 Å². The second-order valence-electron chi connectivity index (χ2n) is 7.83. The van der Waals surface area contributed by atoms with Crippen LogP contribution < -0.4 is 20.5 Å². The number of aryl methyl sites for hydroxylation is 1. The monoisotopic (exact) mass is 470 g/mol. The lowest BCUT2D eigenvalue weighted by Gasteiger charge is -2.14. The van der Waals surface area contributed by atoms with Crippen molar-refractivity contribution < 1.29 is 9.47 Å². The number of fused-ring (bicyclic) bond motifs is 2. The molecule has 0 fully saturated rings. The highest BCUT2D eigenvalue weighted by molar-refractivity contribution is 7.24. The number of nitrogens with zero attached hydrogens (tertiary/aromatic N) is 2. The third-order valence-electron chi connectivity index (χ3n) is 5.83. The van der Waals surface area contributed by atoms with Crippen LogP contribution in [0.15, 0.2) is 82.4 Å². The Balaban J connectivity index is 1.69. The Bertz CT molecular complexity index is 1600. The highest BCUT2D eigenvalue weighted by Crippen LogP contribution is 2.26. The standard InChI is InChI=1S/C27H22N2O4S/c1-32-19-11-7-17(8-12-19)15-16-29-25(18-9-13-20(33-2)14-10-18)28-26-23(27(29)31)24(30)21-5-3-4-6-22(21)34-26/h3-14H,15-16H2,1-2H3. The number of ether oxygens (including phenoxy) is 2. The van der Waals surface area contributed by atoms with E-state index >= 15 is 0 Å². The van der Waals surface area contributed by atoms with E-state index < -0.39 is 0 Å². The first-order chi connectivity index (χ1) is 16.6. The Hall–Kier alpha value is -3.97. The molecule has 0 unspecified atom stereocenters. The van der Waals surface area contributed by atoms with Crippen LogP contribution in [-0.4, -0.2) is 23.8 Å². The minimum Gasteiger partial charge on any atom is -0.497 e. The Morgan fingerprint density at radius 1 is 0.853 bits per heavy atom. The van der Waals surface area contributed by atoms with Crippen LogP contribution in [0.25, 0.3) is 31.7 Å². The van der Waals surface area contributed by atoms with Gasteiger partial charge < -0.3 is 9.47 Å². The first kappa shape index (κ1) is 21.9. The molecule has 34 heavy (non-hydrogen) atoms. The summed E-state index contributed by atoms with van der Waals surface area (Å²) in [7, 11) is 3.23. The maximum Gasteiger partial charge on any atom is 0.266 e. The van der Waals surface area contributed by atoms with E-state index in [9.17, 15) is 9.59 Å². The van der Waals surface area contributed by atoms with Crippen LogP contribution in [0.2, 0.25) is 0 Å². The van der Waals surface area contributed by atoms with E-state index in [0.717, 1.165) is 21.6 Å². The highest BCUT2D eigenvalue weighted by atomic mass is 32.1. The van der Waals surface area contributed by atoms with E-state index in [1.807, 2.05) is 66.7 Å². The summed E-state index contributed by atoms with van der Waals surface area (Å²) >= 11 is 1.36. The SMILES string of the molecule is COc1ccc(CCn2c(-c3ccc(OC)cc3)nc3sc4ccccc4c(=O)c3c2=O)cc1. The molecular weight excluding hydrogens is 448 g/mol. The number of methoxy groups -OCH3 is 2. The van der Waals surface area contributed by atoms with Gasteiger partial charge in [0.2, 0.25) is 5.43 Å². The number of aromatic nitrogens is 2. The Labute approximate surface area is 199 Å². The molecule has 3 aromatic carbocycles. The molecule has 0 spiro atoms. The van der Waals surface area contributed by atoms with Crippen molar-refractivity contribution in [1.82, 2.24) is 9.55 Å². The summed E-state index contributed by atoms with van der Waals surface area (Å²) in [5.74, 6) is 2.02. The van der Waals surface area contributed by atoms with Crippen molar-refractivity contribution in [1.29, 1.82) is 0 Å². The second-order valence-corrected chi connectivity index (χ2v) is 8.86. The van der Waals surface area contributed by atoms with E-state index in [4.69, 9.17) is 14.5 Å². The lowest BCUT2D eigenvalue weighted by Crippen LogP contribution is -2.28. The van der Waals surface area contributed by atoms with Crippen LogP contribution in [0.3, 0.4) is 0 Å². The van der Waals surface area contributed by atoms with Crippen molar-refractivity contribution in [3.8, 4) is 22.9 Å². The Kier molecular flexibility index (Phi) is 5.86. The zero-order valence-electron chi connectivity index (χ0n) is 18.8. The van der Waals surface area contributed by atoms with Crippen LogP contribution in [-0.2, 0) is 13.0 Å². The molecule has 0 bridgehead atoms. The lowest BCUT2D eigenvalue weighted by atomic mass is 10.1. The van der Waals surface area contributed by atoms with Gasteiger partial charge in [0.05, 0.1) is 14.2 Å². The second kappa shape index (κ2) is 9.11. The summed E-state index contributed by atoms with van der Waals surface area (Å²) in [6, 6.07) is 22.5. The number of rotatable bonds is 6. The van der Waals surface area contributed by atoms with Crippen molar-refractivity contribution >= 4 is 31.6 Å². The van der Waals surface area contributed by atoms with Crippen LogP contribution >= 0.6 is 11.3 Å². The topological polar surface area (TPSA) is 70.4 Å². The molecule has 0 radical (unpaired) electrons. The highest BCUT2D eigenvalue weighted by Gasteiger charge is 2.18. The minimum absolute atomic E-state index is 0.135. The van der Waals surface area contributed by atoms with Crippen molar-refractivity contribution in [2.24, 2.45) is 0 Å². The fraction of sp³-hybridized carbons (Fsp3) is 0.148. The smallest absolute Gasteiger partial charge is 0.266 e. The summed E-state index contributed by atoms with van der Waals surface area (Å²) in [5, 5.41) is 0.675. The molecule has 0 aliphatic carbocycles. The summed E-state index contributed by atoms with van der Waals surface area (Å²) in [5.41, 5.74) is 1.23. The molecule has 0 saturated carbocycles. The van der Waals surface area contributed by atoms with Crippen LogP contribution in [0.5, 0.6) is 11.5 Å². The first-order valence-electron chi connectivity index (χ1n) is 10.8. The molecule has 5 rings (SSSR count). The average Bonchev–Trinajstić information content (AvgIpc) is 2.88. The number of hydrogen-bond donors (Lipinski definition) is 0. The van der Waals surface area contributed by atoms with E-state index in [1.165, 1.54) is 11.3 Å². The predicted molar refractivity (Wildman–Crippen MR) is 136 cm³/mol. The van der Waals surface area contributed by atoms with Crippen molar-refractivity contribution in [2.75, 3.05) is 14.2 Å². The molecule has 0 atom stereocenters. The molecule has 7 heteroatoms. The van der Waals surface area contributed by atoms with E-state index in [1.54, 1.807) is 24.9 Å². The fourth-order valence-corrected chi connectivity index (χ4v) is 5.03. The van der Waals surface area contributed by atoms with Gasteiger partial charge in [0.1, 0.15) is 27.5 Å².